The van der Waals surface area contributed by atoms with E-state index in [0.717, 1.165) is 31.2 Å². The average molecular weight is 292 g/mol. The summed E-state index contributed by atoms with van der Waals surface area (Å²) < 4.78 is 7.90. The summed E-state index contributed by atoms with van der Waals surface area (Å²) in [5, 5.41) is 1.29. The van der Waals surface area contributed by atoms with E-state index in [9.17, 15) is 0 Å². The molecule has 0 fully saturated rings. The Kier molecular flexibility index (Phi) is 5.38. The molecule has 1 heterocycles. The van der Waals surface area contributed by atoms with Gasteiger partial charge in [-0.15, -0.1) is 11.8 Å². The summed E-state index contributed by atoms with van der Waals surface area (Å²) in [6.45, 7) is 8.93. The van der Waals surface area contributed by atoms with Gasteiger partial charge in [-0.25, -0.2) is 0 Å². The molecule has 3 nitrogen and oxygen atoms in total. The third-order valence-corrected chi connectivity index (χ3v) is 4.04. The summed E-state index contributed by atoms with van der Waals surface area (Å²) in [5.74, 6) is 1.64. The number of hydrogen-bond donors (Lipinski definition) is 1. The highest BCUT2D eigenvalue weighted by Crippen LogP contribution is 2.31. The minimum Gasteiger partial charge on any atom is -0.399 e. The SMILES string of the molecule is CCSc1cc(N)cc2c1ccn2CCOCC(C)C. The van der Waals surface area contributed by atoms with Crippen LogP contribution in [0.1, 0.15) is 20.8 Å². The summed E-state index contributed by atoms with van der Waals surface area (Å²) >= 11 is 1.84. The van der Waals surface area contributed by atoms with Gasteiger partial charge in [0.2, 0.25) is 0 Å². The first-order valence-electron chi connectivity index (χ1n) is 7.20. The first-order chi connectivity index (χ1) is 9.61. The number of benzene rings is 1. The zero-order valence-electron chi connectivity index (χ0n) is 12.6. The Hall–Kier alpha value is -1.13. The van der Waals surface area contributed by atoms with Gasteiger partial charge >= 0.3 is 0 Å². The van der Waals surface area contributed by atoms with Gasteiger partial charge in [0.25, 0.3) is 0 Å². The van der Waals surface area contributed by atoms with E-state index in [1.54, 1.807) is 0 Å². The fraction of sp³-hybridized carbons (Fsp3) is 0.500. The number of thioether (sulfide) groups is 1. The van der Waals surface area contributed by atoms with Crippen molar-refractivity contribution in [2.75, 3.05) is 24.7 Å². The van der Waals surface area contributed by atoms with Gasteiger partial charge in [0.1, 0.15) is 0 Å². The van der Waals surface area contributed by atoms with Crippen LogP contribution in [0.25, 0.3) is 10.9 Å². The van der Waals surface area contributed by atoms with Crippen molar-refractivity contribution < 1.29 is 4.74 Å². The van der Waals surface area contributed by atoms with Gasteiger partial charge in [-0.1, -0.05) is 20.8 Å². The third-order valence-electron chi connectivity index (χ3n) is 3.10. The number of nitrogen functional groups attached to an aromatic ring is 1. The lowest BCUT2D eigenvalue weighted by atomic mass is 10.2. The van der Waals surface area contributed by atoms with Crippen molar-refractivity contribution in [3.63, 3.8) is 0 Å². The Balaban J connectivity index is 2.14. The monoisotopic (exact) mass is 292 g/mol. The maximum atomic E-state index is 6.02. The number of fused-ring (bicyclic) bond motifs is 1. The van der Waals surface area contributed by atoms with Crippen LogP contribution in [0.3, 0.4) is 0 Å². The lowest BCUT2D eigenvalue weighted by Crippen LogP contribution is -2.08. The van der Waals surface area contributed by atoms with E-state index in [1.165, 1.54) is 15.8 Å². The molecule has 0 radical (unpaired) electrons. The van der Waals surface area contributed by atoms with Crippen LogP contribution in [0.15, 0.2) is 29.3 Å². The molecule has 0 aliphatic heterocycles. The molecule has 0 spiro atoms. The Bertz CT molecular complexity index is 563. The molecule has 1 aromatic heterocycles. The highest BCUT2D eigenvalue weighted by Gasteiger charge is 2.07. The van der Waals surface area contributed by atoms with Gasteiger partial charge in [-0.3, -0.25) is 0 Å². The van der Waals surface area contributed by atoms with Gasteiger partial charge < -0.3 is 15.0 Å². The predicted octanol–water partition coefficient (Wildman–Crippen LogP) is 4.01. The molecule has 110 valence electrons. The summed E-state index contributed by atoms with van der Waals surface area (Å²) in [6.07, 6.45) is 2.13. The summed E-state index contributed by atoms with van der Waals surface area (Å²) in [6, 6.07) is 6.29. The average Bonchev–Trinajstić information content (AvgIpc) is 2.78. The van der Waals surface area contributed by atoms with Crippen LogP contribution < -0.4 is 5.73 Å². The van der Waals surface area contributed by atoms with Crippen LogP contribution in [0.4, 0.5) is 5.69 Å². The molecule has 0 atom stereocenters. The van der Waals surface area contributed by atoms with Gasteiger partial charge in [-0.2, -0.15) is 0 Å². The zero-order valence-corrected chi connectivity index (χ0v) is 13.4. The molecule has 0 amide bonds. The molecule has 0 saturated heterocycles. The fourth-order valence-corrected chi connectivity index (χ4v) is 3.09. The Morgan fingerprint density at radius 3 is 2.85 bits per heavy atom. The first-order valence-corrected chi connectivity index (χ1v) is 8.19. The zero-order chi connectivity index (χ0) is 14.5. The van der Waals surface area contributed by atoms with E-state index < -0.39 is 0 Å². The molecule has 1 aromatic carbocycles. The summed E-state index contributed by atoms with van der Waals surface area (Å²) in [4.78, 5) is 1.27. The molecule has 2 N–H and O–H groups in total. The number of rotatable bonds is 7. The maximum absolute atomic E-state index is 6.02. The predicted molar refractivity (Wildman–Crippen MR) is 88.4 cm³/mol. The lowest BCUT2D eigenvalue weighted by Gasteiger charge is -2.10. The van der Waals surface area contributed by atoms with Crippen LogP contribution in [-0.4, -0.2) is 23.5 Å². The van der Waals surface area contributed by atoms with E-state index in [2.05, 4.69) is 49.7 Å². The number of nitrogens with two attached hydrogens (primary N) is 1. The molecule has 0 aliphatic rings. The standard InChI is InChI=1S/C16H24N2OS/c1-4-20-16-10-13(17)9-15-14(16)5-6-18(15)7-8-19-11-12(2)3/h5-6,9-10,12H,4,7-8,11,17H2,1-3H3. The van der Waals surface area contributed by atoms with Crippen molar-refractivity contribution in [1.29, 1.82) is 0 Å². The van der Waals surface area contributed by atoms with Gasteiger partial charge in [-0.05, 0) is 29.9 Å². The molecule has 0 aliphatic carbocycles. The van der Waals surface area contributed by atoms with Crippen molar-refractivity contribution in [1.82, 2.24) is 4.57 Å². The van der Waals surface area contributed by atoms with Crippen LogP contribution >= 0.6 is 11.8 Å². The van der Waals surface area contributed by atoms with Crippen LogP contribution in [0.5, 0.6) is 0 Å². The molecule has 0 bridgehead atoms. The van der Waals surface area contributed by atoms with Crippen molar-refractivity contribution in [3.05, 3.63) is 24.4 Å². The summed E-state index contributed by atoms with van der Waals surface area (Å²) in [7, 11) is 0. The molecule has 2 aromatic rings. The smallest absolute Gasteiger partial charge is 0.0645 e. The fourth-order valence-electron chi connectivity index (χ4n) is 2.23. The number of nitrogens with zero attached hydrogens (tertiary/aromatic N) is 1. The Morgan fingerprint density at radius 2 is 2.15 bits per heavy atom. The van der Waals surface area contributed by atoms with E-state index in [1.807, 2.05) is 11.8 Å². The maximum Gasteiger partial charge on any atom is 0.0645 e. The van der Waals surface area contributed by atoms with Crippen molar-refractivity contribution in [3.8, 4) is 0 Å². The number of ether oxygens (including phenoxy) is 1. The van der Waals surface area contributed by atoms with Gasteiger partial charge in [0, 0.05) is 35.3 Å². The molecule has 0 saturated carbocycles. The number of anilines is 1. The molecular formula is C16H24N2OS. The normalized spacial score (nSPS) is 11.6. The molecule has 4 heteroatoms. The second-order valence-corrected chi connectivity index (χ2v) is 6.67. The van der Waals surface area contributed by atoms with Crippen LogP contribution in [0.2, 0.25) is 0 Å². The van der Waals surface area contributed by atoms with Gasteiger partial charge in [0.15, 0.2) is 0 Å². The topological polar surface area (TPSA) is 40.2 Å². The second-order valence-electron chi connectivity index (χ2n) is 5.36. The van der Waals surface area contributed by atoms with E-state index >= 15 is 0 Å². The van der Waals surface area contributed by atoms with Crippen molar-refractivity contribution >= 4 is 28.4 Å². The highest BCUT2D eigenvalue weighted by atomic mass is 32.2. The Morgan fingerprint density at radius 1 is 1.35 bits per heavy atom. The van der Waals surface area contributed by atoms with Crippen molar-refractivity contribution in [2.24, 2.45) is 5.92 Å². The third kappa shape index (κ3) is 3.70. The Labute approximate surface area is 125 Å². The van der Waals surface area contributed by atoms with E-state index in [-0.39, 0.29) is 0 Å². The molecular weight excluding hydrogens is 268 g/mol. The molecule has 2 rings (SSSR count). The number of aromatic nitrogens is 1. The highest BCUT2D eigenvalue weighted by molar-refractivity contribution is 7.99. The number of hydrogen-bond acceptors (Lipinski definition) is 3. The lowest BCUT2D eigenvalue weighted by molar-refractivity contribution is 0.104. The second kappa shape index (κ2) is 7.04. The largest absolute Gasteiger partial charge is 0.399 e. The van der Waals surface area contributed by atoms with Crippen LogP contribution in [0, 0.1) is 5.92 Å². The summed E-state index contributed by atoms with van der Waals surface area (Å²) in [5.41, 5.74) is 8.05. The van der Waals surface area contributed by atoms with Gasteiger partial charge in [0.05, 0.1) is 12.1 Å². The van der Waals surface area contributed by atoms with Crippen molar-refractivity contribution in [2.45, 2.75) is 32.2 Å². The molecule has 20 heavy (non-hydrogen) atoms. The molecule has 0 unspecified atom stereocenters. The quantitative estimate of drug-likeness (QED) is 0.476. The van der Waals surface area contributed by atoms with E-state index in [4.69, 9.17) is 10.5 Å². The van der Waals surface area contributed by atoms with Crippen LogP contribution in [-0.2, 0) is 11.3 Å². The van der Waals surface area contributed by atoms with E-state index in [0.29, 0.717) is 5.92 Å². The minimum absolute atomic E-state index is 0.583. The first kappa shape index (κ1) is 15.3. The minimum atomic E-state index is 0.583.